The monoisotopic (exact) mass is 453 g/mol. The number of amides is 1. The number of Topliss-reactive ketones (excluding diaryl/α,β-unsaturated/α-hetero) is 1. The van der Waals surface area contributed by atoms with E-state index in [1.807, 2.05) is 12.1 Å². The molecule has 0 unspecified atom stereocenters. The van der Waals surface area contributed by atoms with Gasteiger partial charge in [0.15, 0.2) is 5.78 Å². The first-order valence-electron chi connectivity index (χ1n) is 10.1. The predicted molar refractivity (Wildman–Crippen MR) is 118 cm³/mol. The van der Waals surface area contributed by atoms with Crippen LogP contribution in [0, 0.1) is 6.92 Å². The summed E-state index contributed by atoms with van der Waals surface area (Å²) in [4.78, 5) is 56.2. The lowest BCUT2D eigenvalue weighted by Crippen LogP contribution is -2.21. The van der Waals surface area contributed by atoms with Gasteiger partial charge in [0.05, 0.1) is 19.3 Å². The Balaban J connectivity index is 1.90. The first-order chi connectivity index (χ1) is 15.7. The maximum absolute atomic E-state index is 12.8. The van der Waals surface area contributed by atoms with Crippen LogP contribution in [-0.4, -0.2) is 41.3 Å². The Kier molecular flexibility index (Phi) is 7.07. The number of aromatic nitrogens is 2. The van der Waals surface area contributed by atoms with E-state index < -0.39 is 23.2 Å². The van der Waals surface area contributed by atoms with E-state index in [1.54, 1.807) is 26.2 Å². The van der Waals surface area contributed by atoms with Crippen LogP contribution in [0.15, 0.2) is 39.5 Å². The van der Waals surface area contributed by atoms with Crippen molar-refractivity contribution < 1.29 is 28.3 Å². The molecule has 2 heterocycles. The standard InChI is InChI=1S/C23H23N3O7/c1-5-32-23(30)20-19(12(2)27)13(3)33-22(20)26-21(29)16-11-18(28)25-17(24-16)10-14-6-8-15(31-4)9-7-14/h6-9,11H,5,10H2,1-4H3,(H,26,29)(H,24,25,28). The van der Waals surface area contributed by atoms with Gasteiger partial charge in [-0.25, -0.2) is 9.78 Å². The summed E-state index contributed by atoms with van der Waals surface area (Å²) in [7, 11) is 1.56. The van der Waals surface area contributed by atoms with Crippen LogP contribution in [0.2, 0.25) is 0 Å². The topological polar surface area (TPSA) is 141 Å². The van der Waals surface area contributed by atoms with Crippen LogP contribution in [0.4, 0.5) is 5.88 Å². The molecule has 0 spiro atoms. The summed E-state index contributed by atoms with van der Waals surface area (Å²) in [5.41, 5.74) is -0.0324. The Morgan fingerprint density at radius 3 is 2.45 bits per heavy atom. The number of ketones is 1. The number of esters is 1. The van der Waals surface area contributed by atoms with Crippen molar-refractivity contribution in [2.45, 2.75) is 27.2 Å². The number of aromatic amines is 1. The van der Waals surface area contributed by atoms with Gasteiger partial charge in [0.1, 0.15) is 28.6 Å². The summed E-state index contributed by atoms with van der Waals surface area (Å²) in [5.74, 6) is -1.16. The van der Waals surface area contributed by atoms with Crippen LogP contribution in [0.25, 0.3) is 0 Å². The Hall–Kier alpha value is -4.21. The molecule has 10 heteroatoms. The average molecular weight is 453 g/mol. The van der Waals surface area contributed by atoms with E-state index in [4.69, 9.17) is 13.9 Å². The summed E-state index contributed by atoms with van der Waals surface area (Å²) in [6.45, 7) is 4.45. The van der Waals surface area contributed by atoms with Crippen molar-refractivity contribution in [1.82, 2.24) is 9.97 Å². The van der Waals surface area contributed by atoms with Gasteiger partial charge >= 0.3 is 5.97 Å². The molecular formula is C23H23N3O7. The zero-order chi connectivity index (χ0) is 24.1. The van der Waals surface area contributed by atoms with Crippen LogP contribution >= 0.6 is 0 Å². The molecule has 0 radical (unpaired) electrons. The van der Waals surface area contributed by atoms with E-state index in [0.717, 1.165) is 11.6 Å². The molecule has 0 saturated carbocycles. The molecule has 172 valence electrons. The van der Waals surface area contributed by atoms with Crippen LogP contribution in [0.3, 0.4) is 0 Å². The first-order valence-corrected chi connectivity index (χ1v) is 10.1. The van der Waals surface area contributed by atoms with Crippen LogP contribution in [0.1, 0.15) is 62.2 Å². The smallest absolute Gasteiger partial charge is 0.344 e. The molecule has 1 amide bonds. The molecular weight excluding hydrogens is 430 g/mol. The summed E-state index contributed by atoms with van der Waals surface area (Å²) >= 11 is 0. The minimum atomic E-state index is -0.811. The highest BCUT2D eigenvalue weighted by molar-refractivity contribution is 6.12. The van der Waals surface area contributed by atoms with E-state index in [9.17, 15) is 19.2 Å². The van der Waals surface area contributed by atoms with Gasteiger partial charge in [-0.2, -0.15) is 0 Å². The first kappa shape index (κ1) is 23.5. The highest BCUT2D eigenvalue weighted by atomic mass is 16.5. The van der Waals surface area contributed by atoms with Crippen molar-refractivity contribution in [3.63, 3.8) is 0 Å². The molecule has 33 heavy (non-hydrogen) atoms. The number of H-pyrrole nitrogens is 1. The second-order valence-electron chi connectivity index (χ2n) is 7.07. The molecule has 3 aromatic rings. The number of anilines is 1. The minimum absolute atomic E-state index is 0.0165. The number of carbonyl (C=O) groups excluding carboxylic acids is 3. The van der Waals surface area contributed by atoms with Crippen molar-refractivity contribution in [2.75, 3.05) is 19.0 Å². The number of rotatable bonds is 8. The SMILES string of the molecule is CCOC(=O)c1c(NC(=O)c2cc(=O)[nH]c(Cc3ccc(OC)cc3)n2)oc(C)c1C(C)=O. The molecule has 3 rings (SSSR count). The van der Waals surface area contributed by atoms with Gasteiger partial charge in [0.2, 0.25) is 5.88 Å². The maximum atomic E-state index is 12.8. The molecule has 0 aliphatic carbocycles. The number of benzene rings is 1. The van der Waals surface area contributed by atoms with Crippen molar-refractivity contribution in [2.24, 2.45) is 0 Å². The number of nitrogens with one attached hydrogen (secondary N) is 2. The molecule has 1 aromatic carbocycles. The Morgan fingerprint density at radius 1 is 1.15 bits per heavy atom. The quantitative estimate of drug-likeness (QED) is 0.392. The van der Waals surface area contributed by atoms with Crippen molar-refractivity contribution in [3.8, 4) is 5.75 Å². The van der Waals surface area contributed by atoms with E-state index in [-0.39, 0.29) is 47.3 Å². The second kappa shape index (κ2) is 9.94. The summed E-state index contributed by atoms with van der Waals surface area (Å²) in [6.07, 6.45) is 0.267. The zero-order valence-corrected chi connectivity index (χ0v) is 18.6. The third-order valence-electron chi connectivity index (χ3n) is 4.70. The number of methoxy groups -OCH3 is 1. The third kappa shape index (κ3) is 5.35. The summed E-state index contributed by atoms with van der Waals surface area (Å²) in [5, 5.41) is 2.43. The molecule has 0 fully saturated rings. The predicted octanol–water partition coefficient (Wildman–Crippen LogP) is 2.90. The number of carbonyl (C=O) groups is 3. The van der Waals surface area contributed by atoms with Gasteiger partial charge in [0.25, 0.3) is 11.5 Å². The number of hydrogen-bond donors (Lipinski definition) is 2. The lowest BCUT2D eigenvalue weighted by atomic mass is 10.1. The molecule has 0 bridgehead atoms. The van der Waals surface area contributed by atoms with E-state index in [2.05, 4.69) is 15.3 Å². The van der Waals surface area contributed by atoms with Crippen LogP contribution < -0.4 is 15.6 Å². The van der Waals surface area contributed by atoms with Crippen molar-refractivity contribution in [1.29, 1.82) is 0 Å². The number of nitrogens with zero attached hydrogens (tertiary/aromatic N) is 1. The largest absolute Gasteiger partial charge is 0.497 e. The molecule has 2 N–H and O–H groups in total. The van der Waals surface area contributed by atoms with Gasteiger partial charge in [-0.3, -0.25) is 19.7 Å². The third-order valence-corrected chi connectivity index (χ3v) is 4.70. The molecule has 0 aliphatic rings. The fourth-order valence-electron chi connectivity index (χ4n) is 3.27. The second-order valence-corrected chi connectivity index (χ2v) is 7.07. The minimum Gasteiger partial charge on any atom is -0.497 e. The zero-order valence-electron chi connectivity index (χ0n) is 18.6. The van der Waals surface area contributed by atoms with Crippen molar-refractivity contribution in [3.05, 3.63) is 74.7 Å². The molecule has 10 nitrogen and oxygen atoms in total. The van der Waals surface area contributed by atoms with Gasteiger partial charge in [-0.15, -0.1) is 0 Å². The van der Waals surface area contributed by atoms with Gasteiger partial charge in [0, 0.05) is 12.5 Å². The number of hydrogen-bond acceptors (Lipinski definition) is 8. The number of aryl methyl sites for hydroxylation is 1. The maximum Gasteiger partial charge on any atom is 0.344 e. The normalized spacial score (nSPS) is 10.5. The highest BCUT2D eigenvalue weighted by Gasteiger charge is 2.29. The molecule has 0 saturated heterocycles. The summed E-state index contributed by atoms with van der Waals surface area (Å²) < 4.78 is 15.6. The molecule has 0 atom stereocenters. The van der Waals surface area contributed by atoms with Gasteiger partial charge in [-0.05, 0) is 38.5 Å². The van der Waals surface area contributed by atoms with Crippen LogP contribution in [-0.2, 0) is 11.2 Å². The molecule has 0 aliphatic heterocycles. The average Bonchev–Trinajstić information content (AvgIpc) is 3.10. The van der Waals surface area contributed by atoms with Gasteiger partial charge in [-0.1, -0.05) is 12.1 Å². The lowest BCUT2D eigenvalue weighted by molar-refractivity contribution is 0.0524. The van der Waals surface area contributed by atoms with Gasteiger partial charge < -0.3 is 18.9 Å². The summed E-state index contributed by atoms with van der Waals surface area (Å²) in [6, 6.07) is 8.19. The number of furan rings is 1. The van der Waals surface area contributed by atoms with E-state index >= 15 is 0 Å². The fraction of sp³-hybridized carbons (Fsp3) is 0.261. The lowest BCUT2D eigenvalue weighted by Gasteiger charge is -2.07. The van der Waals surface area contributed by atoms with E-state index in [0.29, 0.717) is 5.75 Å². The van der Waals surface area contributed by atoms with Crippen molar-refractivity contribution >= 4 is 23.5 Å². The van der Waals surface area contributed by atoms with Crippen LogP contribution in [0.5, 0.6) is 5.75 Å². The fourth-order valence-corrected chi connectivity index (χ4v) is 3.27. The number of ether oxygens (including phenoxy) is 2. The Morgan fingerprint density at radius 2 is 1.85 bits per heavy atom. The van der Waals surface area contributed by atoms with E-state index in [1.165, 1.54) is 13.8 Å². The Labute approximate surface area is 188 Å². The molecule has 2 aromatic heterocycles. The Bertz CT molecular complexity index is 1260. The highest BCUT2D eigenvalue weighted by Crippen LogP contribution is 2.29.